The molecule has 1 aromatic rings. The summed E-state index contributed by atoms with van der Waals surface area (Å²) < 4.78 is 14.3. The quantitative estimate of drug-likeness (QED) is 0.875. The minimum atomic E-state index is -0.569. The summed E-state index contributed by atoms with van der Waals surface area (Å²) in [5.41, 5.74) is 0.0707. The third kappa shape index (κ3) is 3.71. The highest BCUT2D eigenvalue weighted by molar-refractivity contribution is 5.95. The molecule has 0 aromatic carbocycles. The second-order valence-electron chi connectivity index (χ2n) is 5.58. The van der Waals surface area contributed by atoms with Crippen molar-refractivity contribution < 1.29 is 9.18 Å². The predicted molar refractivity (Wildman–Crippen MR) is 81.9 cm³/mol. The fraction of sp³-hybridized carbons (Fsp3) is 0.625. The van der Waals surface area contributed by atoms with Crippen LogP contribution in [-0.2, 0) is 0 Å². The molecular formula is C16H24FN3O. The maximum absolute atomic E-state index is 14.3. The smallest absolute Gasteiger partial charge is 0.254 e. The van der Waals surface area contributed by atoms with E-state index in [1.807, 2.05) is 6.92 Å². The number of aromatic nitrogens is 1. The number of nitrogens with one attached hydrogen (secondary N) is 2. The van der Waals surface area contributed by atoms with Crippen LogP contribution in [0.15, 0.2) is 12.3 Å². The number of carbonyl (C=O) groups excluding carboxylic acids is 1. The Hall–Kier alpha value is -1.65. The van der Waals surface area contributed by atoms with E-state index < -0.39 is 5.82 Å². The largest absolute Gasteiger partial charge is 0.368 e. The van der Waals surface area contributed by atoms with Gasteiger partial charge in [-0.1, -0.05) is 26.2 Å². The molecule has 1 heterocycles. The van der Waals surface area contributed by atoms with E-state index in [1.54, 1.807) is 0 Å². The van der Waals surface area contributed by atoms with Crippen LogP contribution in [0.2, 0.25) is 0 Å². The Kier molecular flexibility index (Phi) is 5.53. The third-order valence-electron chi connectivity index (χ3n) is 4.23. The van der Waals surface area contributed by atoms with Crippen molar-refractivity contribution in [2.24, 2.45) is 5.92 Å². The summed E-state index contributed by atoms with van der Waals surface area (Å²) in [6, 6.07) is 1.60. The number of anilines is 1. The zero-order valence-electron chi connectivity index (χ0n) is 12.8. The summed E-state index contributed by atoms with van der Waals surface area (Å²) in [5, 5.41) is 5.84. The second-order valence-corrected chi connectivity index (χ2v) is 5.58. The van der Waals surface area contributed by atoms with Crippen molar-refractivity contribution in [3.05, 3.63) is 23.6 Å². The molecule has 1 aliphatic carbocycles. The Bertz CT molecular complexity index is 492. The van der Waals surface area contributed by atoms with E-state index in [0.29, 0.717) is 12.5 Å². The van der Waals surface area contributed by atoms with Crippen LogP contribution < -0.4 is 10.6 Å². The van der Waals surface area contributed by atoms with Crippen LogP contribution in [0.25, 0.3) is 0 Å². The van der Waals surface area contributed by atoms with Gasteiger partial charge in [0.1, 0.15) is 0 Å². The van der Waals surface area contributed by atoms with E-state index in [1.165, 1.54) is 18.7 Å². The molecule has 0 spiro atoms. The van der Waals surface area contributed by atoms with Gasteiger partial charge in [-0.2, -0.15) is 0 Å². The van der Waals surface area contributed by atoms with Crippen LogP contribution in [0.1, 0.15) is 56.3 Å². The van der Waals surface area contributed by atoms with E-state index in [2.05, 4.69) is 22.5 Å². The lowest BCUT2D eigenvalue weighted by Crippen LogP contribution is -2.42. The van der Waals surface area contributed by atoms with Gasteiger partial charge in [-0.25, -0.2) is 9.37 Å². The molecule has 0 bridgehead atoms. The number of hydrogen-bond donors (Lipinski definition) is 2. The number of halogens is 1. The van der Waals surface area contributed by atoms with Crippen molar-refractivity contribution in [2.45, 2.75) is 52.0 Å². The molecule has 4 nitrogen and oxygen atoms in total. The molecule has 1 saturated carbocycles. The summed E-state index contributed by atoms with van der Waals surface area (Å²) in [6.07, 6.45) is 6.99. The number of amides is 1. The van der Waals surface area contributed by atoms with Gasteiger partial charge in [0, 0.05) is 18.8 Å². The van der Waals surface area contributed by atoms with Crippen LogP contribution in [0, 0.1) is 11.7 Å². The summed E-state index contributed by atoms with van der Waals surface area (Å²) >= 11 is 0. The van der Waals surface area contributed by atoms with Crippen molar-refractivity contribution in [3.63, 3.8) is 0 Å². The lowest BCUT2D eigenvalue weighted by Gasteiger charge is -2.31. The molecule has 116 valence electrons. The summed E-state index contributed by atoms with van der Waals surface area (Å²) in [4.78, 5) is 16.3. The zero-order chi connectivity index (χ0) is 15.2. The number of hydrogen-bond acceptors (Lipinski definition) is 3. The molecule has 2 unspecified atom stereocenters. The molecule has 5 heteroatoms. The average molecular weight is 293 g/mol. The Labute approximate surface area is 125 Å². The van der Waals surface area contributed by atoms with E-state index in [0.717, 1.165) is 25.7 Å². The van der Waals surface area contributed by atoms with Gasteiger partial charge in [-0.15, -0.1) is 0 Å². The maximum atomic E-state index is 14.3. The predicted octanol–water partition coefficient (Wildman–Crippen LogP) is 3.35. The van der Waals surface area contributed by atoms with Crippen LogP contribution in [0.5, 0.6) is 0 Å². The first-order valence-corrected chi connectivity index (χ1v) is 7.86. The topological polar surface area (TPSA) is 54.0 Å². The first-order valence-electron chi connectivity index (χ1n) is 7.86. The average Bonchev–Trinajstić information content (AvgIpc) is 2.50. The second kappa shape index (κ2) is 7.38. The number of rotatable bonds is 5. The summed E-state index contributed by atoms with van der Waals surface area (Å²) in [7, 11) is 0. The van der Waals surface area contributed by atoms with Gasteiger partial charge in [0.05, 0.1) is 5.56 Å². The highest BCUT2D eigenvalue weighted by Gasteiger charge is 2.26. The summed E-state index contributed by atoms with van der Waals surface area (Å²) in [5.74, 6) is -0.262. The van der Waals surface area contributed by atoms with Crippen LogP contribution in [-0.4, -0.2) is 23.5 Å². The maximum Gasteiger partial charge on any atom is 0.254 e. The van der Waals surface area contributed by atoms with Crippen LogP contribution >= 0.6 is 0 Å². The van der Waals surface area contributed by atoms with Gasteiger partial charge in [0.15, 0.2) is 11.6 Å². The minimum absolute atomic E-state index is 0.0707. The highest BCUT2D eigenvalue weighted by atomic mass is 19.1. The van der Waals surface area contributed by atoms with E-state index >= 15 is 0 Å². The van der Waals surface area contributed by atoms with Crippen LogP contribution in [0.4, 0.5) is 10.2 Å². The SMILES string of the molecule is CCNc1nccc(C(=O)NC2CCCCC2CC)c1F. The summed E-state index contributed by atoms with van der Waals surface area (Å²) in [6.45, 7) is 4.57. The molecule has 0 radical (unpaired) electrons. The van der Waals surface area contributed by atoms with Crippen molar-refractivity contribution in [1.82, 2.24) is 10.3 Å². The van der Waals surface area contributed by atoms with Gasteiger partial charge >= 0.3 is 0 Å². The van der Waals surface area contributed by atoms with E-state index in [4.69, 9.17) is 0 Å². The lowest BCUT2D eigenvalue weighted by molar-refractivity contribution is 0.0900. The fourth-order valence-corrected chi connectivity index (χ4v) is 3.04. The van der Waals surface area contributed by atoms with Gasteiger partial charge in [-0.05, 0) is 31.7 Å². The number of carbonyl (C=O) groups is 1. The van der Waals surface area contributed by atoms with E-state index in [9.17, 15) is 9.18 Å². The van der Waals surface area contributed by atoms with Crippen molar-refractivity contribution in [2.75, 3.05) is 11.9 Å². The Morgan fingerprint density at radius 3 is 2.86 bits per heavy atom. The molecule has 1 amide bonds. The number of nitrogens with zero attached hydrogens (tertiary/aromatic N) is 1. The highest BCUT2D eigenvalue weighted by Crippen LogP contribution is 2.27. The van der Waals surface area contributed by atoms with Crippen LogP contribution in [0.3, 0.4) is 0 Å². The van der Waals surface area contributed by atoms with Gasteiger partial charge in [0.25, 0.3) is 5.91 Å². The Morgan fingerprint density at radius 2 is 2.14 bits per heavy atom. The molecule has 2 N–H and O–H groups in total. The molecule has 21 heavy (non-hydrogen) atoms. The van der Waals surface area contributed by atoms with Crippen molar-refractivity contribution in [3.8, 4) is 0 Å². The minimum Gasteiger partial charge on any atom is -0.368 e. The van der Waals surface area contributed by atoms with Gasteiger partial charge in [0.2, 0.25) is 0 Å². The Balaban J connectivity index is 2.11. The molecular weight excluding hydrogens is 269 g/mol. The van der Waals surface area contributed by atoms with Gasteiger partial charge < -0.3 is 10.6 Å². The molecule has 0 aliphatic heterocycles. The van der Waals surface area contributed by atoms with Crippen molar-refractivity contribution >= 4 is 11.7 Å². The zero-order valence-corrected chi connectivity index (χ0v) is 12.8. The first-order chi connectivity index (χ1) is 10.2. The number of pyridine rings is 1. The Morgan fingerprint density at radius 1 is 1.38 bits per heavy atom. The fourth-order valence-electron chi connectivity index (χ4n) is 3.04. The normalized spacial score (nSPS) is 21.9. The first kappa shape index (κ1) is 15.7. The van der Waals surface area contributed by atoms with Gasteiger partial charge in [-0.3, -0.25) is 4.79 Å². The molecule has 2 rings (SSSR count). The third-order valence-corrected chi connectivity index (χ3v) is 4.23. The monoisotopic (exact) mass is 293 g/mol. The van der Waals surface area contributed by atoms with Crippen molar-refractivity contribution in [1.29, 1.82) is 0 Å². The lowest BCUT2D eigenvalue weighted by atomic mass is 9.83. The van der Waals surface area contributed by atoms with E-state index in [-0.39, 0.29) is 23.3 Å². The molecule has 1 fully saturated rings. The molecule has 0 saturated heterocycles. The molecule has 2 atom stereocenters. The molecule has 1 aromatic heterocycles. The standard InChI is InChI=1S/C16H24FN3O/c1-3-11-7-5-6-8-13(11)20-16(21)12-9-10-19-15(14(12)17)18-4-2/h9-11,13H,3-8H2,1-2H3,(H,18,19)(H,20,21). The molecule has 1 aliphatic rings.